The third-order valence-corrected chi connectivity index (χ3v) is 10.3. The van der Waals surface area contributed by atoms with Crippen LogP contribution in [-0.4, -0.2) is 126 Å². The topological polar surface area (TPSA) is 319 Å². The van der Waals surface area contributed by atoms with Crippen LogP contribution in [0.5, 0.6) is 0 Å². The van der Waals surface area contributed by atoms with Crippen molar-refractivity contribution in [3.8, 4) is 0 Å². The van der Waals surface area contributed by atoms with Crippen LogP contribution in [0, 0.1) is 0 Å². The first kappa shape index (κ1) is 43.2. The van der Waals surface area contributed by atoms with Gasteiger partial charge in [-0.2, -0.15) is 0 Å². The van der Waals surface area contributed by atoms with Gasteiger partial charge in [-0.1, -0.05) is 0 Å². The maximum Gasteiger partial charge on any atom is 0.481 e. The van der Waals surface area contributed by atoms with E-state index in [1.807, 2.05) is 0 Å². The van der Waals surface area contributed by atoms with E-state index in [-0.39, 0.29) is 30.0 Å². The van der Waals surface area contributed by atoms with Crippen LogP contribution in [0.15, 0.2) is 12.7 Å². The number of ether oxygens (including phenoxy) is 6. The van der Waals surface area contributed by atoms with Crippen LogP contribution in [0.25, 0.3) is 11.2 Å². The van der Waals surface area contributed by atoms with Gasteiger partial charge in [0.15, 0.2) is 23.8 Å². The smallest absolute Gasteiger partial charge is 0.466 e. The van der Waals surface area contributed by atoms with Gasteiger partial charge >= 0.3 is 38.4 Å². The highest BCUT2D eigenvalue weighted by Gasteiger charge is 2.46. The van der Waals surface area contributed by atoms with E-state index in [4.69, 9.17) is 59.3 Å². The van der Waals surface area contributed by atoms with Crippen molar-refractivity contribution >= 4 is 67.2 Å². The number of phosphoric acid groups is 1. The fraction of sp³-hybridized carbons (Fsp3) is 0.654. The normalized spacial score (nSPS) is 23.4. The van der Waals surface area contributed by atoms with E-state index < -0.39 is 101 Å². The van der Waals surface area contributed by atoms with Gasteiger partial charge in [0, 0.05) is 34.1 Å². The van der Waals surface area contributed by atoms with Crippen LogP contribution in [0.4, 0.5) is 5.82 Å². The average Bonchev–Trinajstić information content (AvgIpc) is 3.56. The second kappa shape index (κ2) is 18.7. The number of esters is 4. The van der Waals surface area contributed by atoms with Gasteiger partial charge in [0.05, 0.1) is 19.5 Å². The number of nitrogens with zero attached hydrogens (tertiary/aromatic N) is 4. The second-order valence-corrected chi connectivity index (χ2v) is 15.4. The van der Waals surface area contributed by atoms with Gasteiger partial charge in [0.2, 0.25) is 6.29 Å². The maximum atomic E-state index is 13.3. The van der Waals surface area contributed by atoms with Crippen molar-refractivity contribution in [3.63, 3.8) is 0 Å². The lowest BCUT2D eigenvalue weighted by Gasteiger charge is -2.33. The minimum Gasteiger partial charge on any atom is -0.466 e. The number of aliphatic hydroxyl groups is 2. The van der Waals surface area contributed by atoms with E-state index in [1.54, 1.807) is 0 Å². The van der Waals surface area contributed by atoms with E-state index in [0.717, 1.165) is 34.0 Å². The summed E-state index contributed by atoms with van der Waals surface area (Å²) in [6.07, 6.45) is -10.2. The zero-order valence-corrected chi connectivity index (χ0v) is 30.9. The number of hydrogen-bond acceptors (Lipinski definition) is 21. The van der Waals surface area contributed by atoms with Gasteiger partial charge in [-0.25, -0.2) is 23.8 Å². The van der Waals surface area contributed by atoms with Crippen molar-refractivity contribution in [1.82, 2.24) is 19.5 Å². The predicted octanol–water partition coefficient (Wildman–Crippen LogP) is -0.494. The van der Waals surface area contributed by atoms with Crippen molar-refractivity contribution in [1.29, 1.82) is 0 Å². The van der Waals surface area contributed by atoms with Crippen LogP contribution in [0.3, 0.4) is 0 Å². The second-order valence-electron chi connectivity index (χ2n) is 11.0. The Morgan fingerprint density at radius 2 is 1.63 bits per heavy atom. The summed E-state index contributed by atoms with van der Waals surface area (Å²) in [7, 11) is -5.61. The van der Waals surface area contributed by atoms with Crippen LogP contribution in [0.2, 0.25) is 0 Å². The average molecular weight is 804 g/mol. The van der Waals surface area contributed by atoms with Crippen molar-refractivity contribution in [2.24, 2.45) is 0 Å². The highest BCUT2D eigenvalue weighted by Crippen LogP contribution is 2.61. The summed E-state index contributed by atoms with van der Waals surface area (Å²) in [5, 5.41) is 21.3. The molecule has 0 saturated carbocycles. The molecular formula is C26H39N5O18P2S. The minimum atomic E-state index is -5.61. The molecule has 6 N–H and O–H groups in total. The molecule has 0 radical (unpaired) electrons. The molecule has 3 rings (SSSR count). The predicted molar refractivity (Wildman–Crippen MR) is 173 cm³/mol. The Labute approximate surface area is 300 Å². The van der Waals surface area contributed by atoms with Gasteiger partial charge in [0.1, 0.15) is 49.0 Å². The summed E-state index contributed by atoms with van der Waals surface area (Å²) in [6, 6.07) is 0. The van der Waals surface area contributed by atoms with E-state index >= 15 is 0 Å². The molecule has 8 unspecified atom stereocenters. The first-order valence-corrected chi connectivity index (χ1v) is 19.2. The Morgan fingerprint density at radius 3 is 2.25 bits per heavy atom. The number of nitrogens with two attached hydrogens (primary N) is 1. The standard InChI is InChI=1S/C26H39N5O18P2S/c1-12(44-15(4)34)17(6-7-41-13(2)32)47-26(19(45-16(5)35)8-42-14(3)33)48-50(38,39)49-51(40,52)43-9-18-21(36)22(37)25(46-18)31-11-30-20-23(27)28-10-29-24(20)31/h10-12,17-19,21-22,25-26,36-37H,6-9H2,1-5H3,(H,38,39)(H,40,52)(H2,27,28,29)/t12-,17?,18?,19+,21?,22?,25?,26?,51?/m0/s1. The van der Waals surface area contributed by atoms with Crippen LogP contribution in [-0.2, 0) is 77.3 Å². The van der Waals surface area contributed by atoms with Crippen LogP contribution >= 0.6 is 14.5 Å². The third-order valence-electron chi connectivity index (χ3n) is 6.81. The van der Waals surface area contributed by atoms with Crippen molar-refractivity contribution in [2.45, 2.75) is 90.2 Å². The molecule has 1 aliphatic heterocycles. The number of carbonyl (C=O) groups is 4. The highest BCUT2D eigenvalue weighted by molar-refractivity contribution is 8.08. The fourth-order valence-electron chi connectivity index (χ4n) is 4.63. The molecule has 26 heteroatoms. The van der Waals surface area contributed by atoms with Crippen LogP contribution in [0.1, 0.15) is 47.3 Å². The van der Waals surface area contributed by atoms with Crippen molar-refractivity contribution in [2.75, 3.05) is 25.6 Å². The first-order valence-electron chi connectivity index (χ1n) is 15.1. The molecule has 52 heavy (non-hydrogen) atoms. The molecule has 23 nitrogen and oxygen atoms in total. The quantitative estimate of drug-likeness (QED) is 0.0517. The molecule has 2 aromatic heterocycles. The van der Waals surface area contributed by atoms with Crippen molar-refractivity contribution < 1.29 is 85.5 Å². The summed E-state index contributed by atoms with van der Waals surface area (Å²) in [5.74, 6) is -3.24. The molecule has 0 aliphatic carbocycles. The maximum absolute atomic E-state index is 13.3. The Morgan fingerprint density at radius 1 is 0.981 bits per heavy atom. The number of imidazole rings is 1. The molecule has 0 amide bonds. The molecule has 0 spiro atoms. The van der Waals surface area contributed by atoms with E-state index in [1.165, 1.54) is 17.8 Å². The number of carbonyl (C=O) groups excluding carboxylic acids is 4. The lowest BCUT2D eigenvalue weighted by atomic mass is 10.1. The van der Waals surface area contributed by atoms with Gasteiger partial charge < -0.3 is 58.7 Å². The summed E-state index contributed by atoms with van der Waals surface area (Å²) in [4.78, 5) is 79.9. The SMILES string of the molecule is CC(=O)OCCC(OC(OP(=O)(O)OP(O)(=S)OCC1OC(n2cnc3c(N)ncnc32)C(O)C1O)[C@@H](COC(C)=O)OC(C)=O)[C@H](C)OC(C)=O. The number of anilines is 1. The number of aromatic nitrogens is 4. The van der Waals surface area contributed by atoms with Gasteiger partial charge in [0.25, 0.3) is 0 Å². The number of phosphoric ester groups is 1. The first-order chi connectivity index (χ1) is 24.2. The summed E-state index contributed by atoms with van der Waals surface area (Å²) >= 11 is 4.88. The summed E-state index contributed by atoms with van der Waals surface area (Å²) < 4.78 is 61.1. The Bertz CT molecular complexity index is 1680. The number of nitrogen functional groups attached to an aromatic ring is 1. The molecule has 2 aromatic rings. The molecule has 1 aliphatic rings. The van der Waals surface area contributed by atoms with Gasteiger partial charge in [-0.05, 0) is 18.7 Å². The molecule has 1 fully saturated rings. The molecule has 10 atom stereocenters. The number of fused-ring (bicyclic) bond motifs is 1. The number of aliphatic hydroxyl groups excluding tert-OH is 2. The molecule has 0 aromatic carbocycles. The summed E-state index contributed by atoms with van der Waals surface area (Å²) in [5.41, 5.74) is 6.14. The summed E-state index contributed by atoms with van der Waals surface area (Å²) in [6.45, 7) is -1.16. The molecule has 292 valence electrons. The van der Waals surface area contributed by atoms with E-state index in [9.17, 15) is 43.7 Å². The minimum absolute atomic E-state index is 0.0417. The monoisotopic (exact) mass is 803 g/mol. The number of rotatable bonds is 19. The van der Waals surface area contributed by atoms with Gasteiger partial charge in [-0.3, -0.25) is 28.3 Å². The molecular weight excluding hydrogens is 764 g/mol. The molecule has 1 saturated heterocycles. The zero-order valence-electron chi connectivity index (χ0n) is 28.3. The largest absolute Gasteiger partial charge is 0.481 e. The Hall–Kier alpha value is -3.25. The fourth-order valence-corrected chi connectivity index (χ4v) is 7.74. The van der Waals surface area contributed by atoms with E-state index in [2.05, 4.69) is 15.0 Å². The van der Waals surface area contributed by atoms with Gasteiger partial charge in [-0.15, -0.1) is 0 Å². The van der Waals surface area contributed by atoms with Crippen LogP contribution < -0.4 is 5.73 Å². The zero-order chi connectivity index (χ0) is 39.0. The Balaban J connectivity index is 1.79. The highest BCUT2D eigenvalue weighted by atomic mass is 32.5. The molecule has 3 heterocycles. The molecule has 0 bridgehead atoms. The lowest BCUT2D eigenvalue weighted by Crippen LogP contribution is -2.44. The Kier molecular flexibility index (Phi) is 15.5. The third kappa shape index (κ3) is 12.7. The number of hydrogen-bond donors (Lipinski definition) is 5. The van der Waals surface area contributed by atoms with E-state index in [0.29, 0.717) is 0 Å². The lowest BCUT2D eigenvalue weighted by molar-refractivity contribution is -0.223. The van der Waals surface area contributed by atoms with Crippen molar-refractivity contribution in [3.05, 3.63) is 12.7 Å².